The molecule has 0 spiro atoms. The highest BCUT2D eigenvalue weighted by Crippen LogP contribution is 2.30. The van der Waals surface area contributed by atoms with E-state index in [-0.39, 0.29) is 17.8 Å². The molecule has 8 heteroatoms. The van der Waals surface area contributed by atoms with Crippen molar-refractivity contribution in [1.29, 1.82) is 0 Å². The molecule has 0 bridgehead atoms. The highest BCUT2D eigenvalue weighted by Gasteiger charge is 2.20. The first-order valence-corrected chi connectivity index (χ1v) is 4.87. The third-order valence-corrected chi connectivity index (χ3v) is 2.42. The van der Waals surface area contributed by atoms with Gasteiger partial charge >= 0.3 is 5.69 Å². The number of likely N-dealkylation sites (N-methyl/N-ethyl adjacent to an activating group) is 1. The maximum absolute atomic E-state index is 10.8. The van der Waals surface area contributed by atoms with E-state index in [1.165, 1.54) is 6.07 Å². The zero-order chi connectivity index (χ0) is 12.4. The number of aliphatic hydroxyl groups is 1. The third kappa shape index (κ3) is 1.89. The summed E-state index contributed by atoms with van der Waals surface area (Å²) in [5, 5.41) is 26.8. The molecule has 1 N–H and O–H groups in total. The lowest BCUT2D eigenvalue weighted by atomic mass is 10.2. The van der Waals surface area contributed by atoms with Crippen LogP contribution in [0.2, 0.25) is 0 Å². The van der Waals surface area contributed by atoms with Crippen LogP contribution in [0.15, 0.2) is 16.8 Å². The Morgan fingerprint density at radius 1 is 1.47 bits per heavy atom. The molecule has 2 rings (SSSR count). The highest BCUT2D eigenvalue weighted by atomic mass is 16.6. The van der Waals surface area contributed by atoms with E-state index in [0.29, 0.717) is 17.7 Å². The average molecular weight is 238 g/mol. The first-order valence-electron chi connectivity index (χ1n) is 4.87. The van der Waals surface area contributed by atoms with Crippen molar-refractivity contribution in [2.45, 2.75) is 0 Å². The van der Waals surface area contributed by atoms with Crippen molar-refractivity contribution in [2.24, 2.45) is 0 Å². The molecule has 8 nitrogen and oxygen atoms in total. The predicted octanol–water partition coefficient (Wildman–Crippen LogP) is 0.559. The Morgan fingerprint density at radius 2 is 2.18 bits per heavy atom. The maximum Gasteiger partial charge on any atom is 0.300 e. The fourth-order valence-corrected chi connectivity index (χ4v) is 1.57. The van der Waals surface area contributed by atoms with Gasteiger partial charge in [-0.1, -0.05) is 0 Å². The van der Waals surface area contributed by atoms with Crippen LogP contribution >= 0.6 is 0 Å². The van der Waals surface area contributed by atoms with E-state index in [4.69, 9.17) is 5.11 Å². The zero-order valence-corrected chi connectivity index (χ0v) is 9.03. The van der Waals surface area contributed by atoms with Gasteiger partial charge in [-0.3, -0.25) is 10.1 Å². The molecule has 0 radical (unpaired) electrons. The number of fused-ring (bicyclic) bond motifs is 1. The van der Waals surface area contributed by atoms with Gasteiger partial charge in [0.1, 0.15) is 0 Å². The van der Waals surface area contributed by atoms with Crippen molar-refractivity contribution in [3.05, 3.63) is 22.2 Å². The van der Waals surface area contributed by atoms with Gasteiger partial charge in [0.15, 0.2) is 5.52 Å². The number of hydrogen-bond donors (Lipinski definition) is 1. The standard InChI is InChI=1S/C9H10N4O4/c1-12(4-5-14)6-2-3-7(13(15)16)9-8(6)10-17-11-9/h2-3,14H,4-5H2,1H3. The van der Waals surface area contributed by atoms with Crippen LogP contribution in [-0.4, -0.2) is 40.5 Å². The fourth-order valence-electron chi connectivity index (χ4n) is 1.57. The second kappa shape index (κ2) is 4.34. The lowest BCUT2D eigenvalue weighted by Crippen LogP contribution is -2.21. The van der Waals surface area contributed by atoms with Crippen molar-refractivity contribution in [3.8, 4) is 0 Å². The zero-order valence-electron chi connectivity index (χ0n) is 9.03. The molecular weight excluding hydrogens is 228 g/mol. The van der Waals surface area contributed by atoms with E-state index in [1.54, 1.807) is 18.0 Å². The lowest BCUT2D eigenvalue weighted by molar-refractivity contribution is -0.383. The van der Waals surface area contributed by atoms with E-state index < -0.39 is 4.92 Å². The fraction of sp³-hybridized carbons (Fsp3) is 0.333. The predicted molar refractivity (Wildman–Crippen MR) is 58.8 cm³/mol. The van der Waals surface area contributed by atoms with Gasteiger partial charge in [0.2, 0.25) is 5.52 Å². The van der Waals surface area contributed by atoms with Crippen LogP contribution < -0.4 is 4.90 Å². The van der Waals surface area contributed by atoms with Gasteiger partial charge in [-0.25, -0.2) is 4.63 Å². The Labute approximate surface area is 95.6 Å². The summed E-state index contributed by atoms with van der Waals surface area (Å²) in [6.45, 7) is 0.361. The van der Waals surface area contributed by atoms with Crippen LogP contribution in [0.5, 0.6) is 0 Å². The summed E-state index contributed by atoms with van der Waals surface area (Å²) in [6, 6.07) is 2.90. The molecular formula is C9H10N4O4. The minimum atomic E-state index is -0.539. The van der Waals surface area contributed by atoms with Gasteiger partial charge in [0, 0.05) is 19.7 Å². The molecule has 0 aliphatic carbocycles. The first kappa shape index (κ1) is 11.3. The average Bonchev–Trinajstić information content (AvgIpc) is 2.76. The molecule has 1 aromatic carbocycles. The molecule has 17 heavy (non-hydrogen) atoms. The first-order chi connectivity index (χ1) is 8.15. The van der Waals surface area contributed by atoms with Crippen molar-refractivity contribution < 1.29 is 14.7 Å². The molecule has 1 heterocycles. The molecule has 0 atom stereocenters. The van der Waals surface area contributed by atoms with Crippen LogP contribution in [0.25, 0.3) is 11.0 Å². The molecule has 0 saturated carbocycles. The van der Waals surface area contributed by atoms with Crippen LogP contribution in [0, 0.1) is 10.1 Å². The summed E-state index contributed by atoms with van der Waals surface area (Å²) in [4.78, 5) is 11.9. The van der Waals surface area contributed by atoms with E-state index >= 15 is 0 Å². The van der Waals surface area contributed by atoms with Gasteiger partial charge in [0.25, 0.3) is 0 Å². The number of nitro groups is 1. The lowest BCUT2D eigenvalue weighted by Gasteiger charge is -2.17. The van der Waals surface area contributed by atoms with Crippen LogP contribution in [0.1, 0.15) is 0 Å². The normalized spacial score (nSPS) is 10.7. The number of anilines is 1. The second-order valence-electron chi connectivity index (χ2n) is 3.47. The number of aliphatic hydroxyl groups excluding tert-OH is 1. The summed E-state index contributed by atoms with van der Waals surface area (Å²) >= 11 is 0. The highest BCUT2D eigenvalue weighted by molar-refractivity contribution is 5.93. The number of aromatic nitrogens is 2. The quantitative estimate of drug-likeness (QED) is 0.612. The van der Waals surface area contributed by atoms with Gasteiger partial charge in [-0.15, -0.1) is 0 Å². The molecule has 1 aromatic heterocycles. The Balaban J connectivity index is 2.57. The topological polar surface area (TPSA) is 106 Å². The molecule has 0 saturated heterocycles. The number of nitro benzene ring substituents is 1. The summed E-state index contributed by atoms with van der Waals surface area (Å²) in [5.41, 5.74) is 0.899. The monoisotopic (exact) mass is 238 g/mol. The molecule has 0 aliphatic heterocycles. The molecule has 0 aliphatic rings. The van der Waals surface area contributed by atoms with Crippen molar-refractivity contribution >= 4 is 22.4 Å². The molecule has 0 unspecified atom stereocenters. The summed E-state index contributed by atoms with van der Waals surface area (Å²) in [7, 11) is 1.74. The number of benzene rings is 1. The van der Waals surface area contributed by atoms with Crippen LogP contribution in [0.4, 0.5) is 11.4 Å². The minimum Gasteiger partial charge on any atom is -0.395 e. The Hall–Kier alpha value is -2.22. The largest absolute Gasteiger partial charge is 0.395 e. The Morgan fingerprint density at radius 3 is 2.82 bits per heavy atom. The van der Waals surface area contributed by atoms with Crippen LogP contribution in [-0.2, 0) is 0 Å². The smallest absolute Gasteiger partial charge is 0.300 e. The summed E-state index contributed by atoms with van der Waals surface area (Å²) in [6.07, 6.45) is 0. The number of hydrogen-bond acceptors (Lipinski definition) is 7. The Bertz CT molecular complexity index is 553. The summed E-state index contributed by atoms with van der Waals surface area (Å²) in [5.74, 6) is 0. The van der Waals surface area contributed by atoms with E-state index in [1.807, 2.05) is 0 Å². The van der Waals surface area contributed by atoms with Crippen LogP contribution in [0.3, 0.4) is 0 Å². The van der Waals surface area contributed by atoms with E-state index in [0.717, 1.165) is 0 Å². The number of non-ortho nitro benzene ring substituents is 1. The van der Waals surface area contributed by atoms with Crippen molar-refractivity contribution in [1.82, 2.24) is 10.3 Å². The van der Waals surface area contributed by atoms with Gasteiger partial charge in [-0.2, -0.15) is 0 Å². The molecule has 0 fully saturated rings. The molecule has 2 aromatic rings. The van der Waals surface area contributed by atoms with Crippen molar-refractivity contribution in [3.63, 3.8) is 0 Å². The Kier molecular flexibility index (Phi) is 2.88. The second-order valence-corrected chi connectivity index (χ2v) is 3.47. The SMILES string of the molecule is CN(CCO)c1ccc([N+](=O)[O-])c2nonc12. The number of nitrogens with zero attached hydrogens (tertiary/aromatic N) is 4. The third-order valence-electron chi connectivity index (χ3n) is 2.42. The summed E-state index contributed by atoms with van der Waals surface area (Å²) < 4.78 is 4.53. The maximum atomic E-state index is 10.8. The molecule has 0 amide bonds. The van der Waals surface area contributed by atoms with E-state index in [9.17, 15) is 10.1 Å². The molecule has 90 valence electrons. The van der Waals surface area contributed by atoms with E-state index in [2.05, 4.69) is 14.9 Å². The van der Waals surface area contributed by atoms with Gasteiger partial charge in [0.05, 0.1) is 17.2 Å². The van der Waals surface area contributed by atoms with Crippen molar-refractivity contribution in [2.75, 3.05) is 25.1 Å². The van der Waals surface area contributed by atoms with Gasteiger partial charge < -0.3 is 10.0 Å². The minimum absolute atomic E-state index is 0.0275. The van der Waals surface area contributed by atoms with Gasteiger partial charge in [-0.05, 0) is 16.4 Å². The number of rotatable bonds is 4.